The SMILES string of the molecule is C/C(=N\S(=O)(=O)C1CCC1)c1cn(CC2CCCC2)c2cc(-c3ccccc3C(F)(F)F)ccc12. The van der Waals surface area contributed by atoms with Crippen LogP contribution in [-0.4, -0.2) is 23.9 Å². The molecule has 2 aromatic carbocycles. The van der Waals surface area contributed by atoms with E-state index >= 15 is 0 Å². The van der Waals surface area contributed by atoms with E-state index in [-0.39, 0.29) is 5.56 Å². The molecule has 0 unspecified atom stereocenters. The van der Waals surface area contributed by atoms with Gasteiger partial charge in [0.25, 0.3) is 10.0 Å². The third kappa shape index (κ3) is 4.77. The normalized spacial score (nSPS) is 18.3. The predicted molar refractivity (Wildman–Crippen MR) is 133 cm³/mol. The van der Waals surface area contributed by atoms with Crippen molar-refractivity contribution in [1.82, 2.24) is 4.57 Å². The van der Waals surface area contributed by atoms with Gasteiger partial charge in [-0.3, -0.25) is 0 Å². The van der Waals surface area contributed by atoms with Gasteiger partial charge in [0.15, 0.2) is 0 Å². The molecule has 186 valence electrons. The number of hydrogen-bond acceptors (Lipinski definition) is 2. The Morgan fingerprint density at radius 3 is 2.40 bits per heavy atom. The molecule has 4 nitrogen and oxygen atoms in total. The van der Waals surface area contributed by atoms with Gasteiger partial charge < -0.3 is 4.57 Å². The summed E-state index contributed by atoms with van der Waals surface area (Å²) in [6, 6.07) is 10.9. The fourth-order valence-electron chi connectivity index (χ4n) is 5.34. The molecular weight excluding hydrogens is 473 g/mol. The van der Waals surface area contributed by atoms with E-state index < -0.39 is 27.0 Å². The summed E-state index contributed by atoms with van der Waals surface area (Å²) in [4.78, 5) is 0. The highest BCUT2D eigenvalue weighted by Crippen LogP contribution is 2.39. The molecular formula is C27H29F3N2O2S. The molecule has 0 aliphatic heterocycles. The van der Waals surface area contributed by atoms with Gasteiger partial charge >= 0.3 is 6.18 Å². The molecule has 0 amide bonds. The Bertz CT molecular complexity index is 1380. The molecule has 2 saturated carbocycles. The molecule has 0 atom stereocenters. The Morgan fingerprint density at radius 1 is 1.03 bits per heavy atom. The smallest absolute Gasteiger partial charge is 0.346 e. The maximum absolute atomic E-state index is 13.7. The molecule has 0 N–H and O–H groups in total. The van der Waals surface area contributed by atoms with Gasteiger partial charge in [0.1, 0.15) is 0 Å². The number of rotatable bonds is 6. The van der Waals surface area contributed by atoms with E-state index in [9.17, 15) is 21.6 Å². The van der Waals surface area contributed by atoms with Crippen LogP contribution in [0.3, 0.4) is 0 Å². The number of sulfonamides is 1. The molecule has 5 rings (SSSR count). The molecule has 2 aliphatic carbocycles. The van der Waals surface area contributed by atoms with Crippen LogP contribution in [0.25, 0.3) is 22.0 Å². The monoisotopic (exact) mass is 502 g/mol. The lowest BCUT2D eigenvalue weighted by Gasteiger charge is -2.22. The third-order valence-electron chi connectivity index (χ3n) is 7.48. The van der Waals surface area contributed by atoms with Crippen LogP contribution in [0.5, 0.6) is 0 Å². The lowest BCUT2D eigenvalue weighted by Crippen LogP contribution is -2.27. The van der Waals surface area contributed by atoms with Gasteiger partial charge in [-0.05, 0) is 61.8 Å². The Balaban J connectivity index is 1.62. The first-order valence-electron chi connectivity index (χ1n) is 12.2. The van der Waals surface area contributed by atoms with Crippen molar-refractivity contribution in [2.24, 2.45) is 10.3 Å². The Hall–Kier alpha value is -2.61. The van der Waals surface area contributed by atoms with Crippen molar-refractivity contribution in [2.45, 2.75) is 69.8 Å². The number of aromatic nitrogens is 1. The molecule has 35 heavy (non-hydrogen) atoms. The molecule has 2 aliphatic rings. The van der Waals surface area contributed by atoms with Crippen LogP contribution in [0.4, 0.5) is 13.2 Å². The Morgan fingerprint density at radius 2 is 1.74 bits per heavy atom. The number of fused-ring (bicyclic) bond motifs is 1. The average molecular weight is 503 g/mol. The minimum Gasteiger partial charge on any atom is -0.346 e. The summed E-state index contributed by atoms with van der Waals surface area (Å²) in [7, 11) is -3.57. The second-order valence-electron chi connectivity index (χ2n) is 9.87. The number of benzene rings is 2. The van der Waals surface area contributed by atoms with Crippen LogP contribution in [0.2, 0.25) is 0 Å². The van der Waals surface area contributed by atoms with E-state index in [0.717, 1.165) is 48.3 Å². The first-order chi connectivity index (χ1) is 16.6. The van der Waals surface area contributed by atoms with Crippen molar-refractivity contribution in [3.05, 3.63) is 59.8 Å². The van der Waals surface area contributed by atoms with Crippen LogP contribution in [-0.2, 0) is 22.7 Å². The number of alkyl halides is 3. The van der Waals surface area contributed by atoms with Gasteiger partial charge in [0.2, 0.25) is 0 Å². The van der Waals surface area contributed by atoms with Crippen molar-refractivity contribution >= 4 is 26.6 Å². The molecule has 2 fully saturated rings. The molecule has 0 radical (unpaired) electrons. The zero-order valence-corrected chi connectivity index (χ0v) is 20.5. The number of halogens is 3. The fraction of sp³-hybridized carbons (Fsp3) is 0.444. The Labute approximate surface area is 203 Å². The highest BCUT2D eigenvalue weighted by Gasteiger charge is 2.34. The molecule has 3 aromatic rings. The van der Waals surface area contributed by atoms with Gasteiger partial charge in [-0.15, -0.1) is 0 Å². The highest BCUT2D eigenvalue weighted by molar-refractivity contribution is 7.91. The predicted octanol–water partition coefficient (Wildman–Crippen LogP) is 7.21. The quantitative estimate of drug-likeness (QED) is 0.335. The molecule has 0 saturated heterocycles. The van der Waals surface area contributed by atoms with Crippen LogP contribution in [0.1, 0.15) is 63.0 Å². The zero-order valence-electron chi connectivity index (χ0n) is 19.7. The molecule has 8 heteroatoms. The van der Waals surface area contributed by atoms with E-state index in [1.165, 1.54) is 25.0 Å². The van der Waals surface area contributed by atoms with Crippen molar-refractivity contribution in [2.75, 3.05) is 0 Å². The minimum atomic E-state index is -4.46. The van der Waals surface area contributed by atoms with Crippen LogP contribution < -0.4 is 0 Å². The fourth-order valence-corrected chi connectivity index (χ4v) is 6.89. The summed E-state index contributed by atoms with van der Waals surface area (Å²) >= 11 is 0. The summed E-state index contributed by atoms with van der Waals surface area (Å²) in [6.07, 6.45) is 4.27. The van der Waals surface area contributed by atoms with Crippen molar-refractivity contribution in [3.63, 3.8) is 0 Å². The lowest BCUT2D eigenvalue weighted by atomic mass is 9.97. The van der Waals surface area contributed by atoms with Gasteiger partial charge in [-0.2, -0.15) is 17.6 Å². The van der Waals surface area contributed by atoms with Crippen LogP contribution in [0, 0.1) is 5.92 Å². The van der Waals surface area contributed by atoms with E-state index in [0.29, 0.717) is 30.0 Å². The van der Waals surface area contributed by atoms with Gasteiger partial charge in [0, 0.05) is 29.2 Å². The third-order valence-corrected chi connectivity index (χ3v) is 9.32. The average Bonchev–Trinajstić information content (AvgIpc) is 3.39. The molecule has 1 heterocycles. The van der Waals surface area contributed by atoms with Crippen molar-refractivity contribution in [3.8, 4) is 11.1 Å². The van der Waals surface area contributed by atoms with Crippen molar-refractivity contribution in [1.29, 1.82) is 0 Å². The summed E-state index contributed by atoms with van der Waals surface area (Å²) in [5.41, 5.74) is 1.90. The minimum absolute atomic E-state index is 0.134. The van der Waals surface area contributed by atoms with E-state index in [1.54, 1.807) is 31.2 Å². The number of nitrogens with zero attached hydrogens (tertiary/aromatic N) is 2. The first kappa shape index (κ1) is 24.1. The van der Waals surface area contributed by atoms with Crippen LogP contribution >= 0.6 is 0 Å². The van der Waals surface area contributed by atoms with E-state index in [1.807, 2.05) is 6.20 Å². The first-order valence-corrected chi connectivity index (χ1v) is 13.7. The summed E-state index contributed by atoms with van der Waals surface area (Å²) < 4.78 is 72.7. The zero-order chi connectivity index (χ0) is 24.8. The largest absolute Gasteiger partial charge is 0.417 e. The van der Waals surface area contributed by atoms with E-state index in [4.69, 9.17) is 0 Å². The van der Waals surface area contributed by atoms with Crippen LogP contribution in [0.15, 0.2) is 53.1 Å². The Kier molecular flexibility index (Phi) is 6.28. The van der Waals surface area contributed by atoms with Crippen molar-refractivity contribution < 1.29 is 21.6 Å². The van der Waals surface area contributed by atoms with Gasteiger partial charge in [-0.1, -0.05) is 49.6 Å². The van der Waals surface area contributed by atoms with Gasteiger partial charge in [-0.25, -0.2) is 8.42 Å². The highest BCUT2D eigenvalue weighted by atomic mass is 32.2. The number of hydrogen-bond donors (Lipinski definition) is 0. The molecule has 0 bridgehead atoms. The summed E-state index contributed by atoms with van der Waals surface area (Å²) in [5, 5.41) is 0.399. The molecule has 1 aromatic heterocycles. The lowest BCUT2D eigenvalue weighted by molar-refractivity contribution is -0.137. The second kappa shape index (κ2) is 9.12. The topological polar surface area (TPSA) is 51.4 Å². The van der Waals surface area contributed by atoms with E-state index in [2.05, 4.69) is 8.96 Å². The maximum atomic E-state index is 13.7. The summed E-state index contributed by atoms with van der Waals surface area (Å²) in [6.45, 7) is 2.46. The maximum Gasteiger partial charge on any atom is 0.417 e. The standard InChI is InChI=1S/C27H29F3N2O2S/c1-18(31-35(33,34)21-9-6-10-21)24-17-32(16-19-7-2-3-8-19)26-15-20(13-14-23(24)26)22-11-4-5-12-25(22)27(28,29)30/h4-5,11-15,17,19,21H,2-3,6-10,16H2,1H3/b31-18+. The van der Waals surface area contributed by atoms with Gasteiger partial charge in [0.05, 0.1) is 16.5 Å². The second-order valence-corrected chi connectivity index (χ2v) is 11.7. The summed E-state index contributed by atoms with van der Waals surface area (Å²) in [5.74, 6) is 0.500. The molecule has 0 spiro atoms.